The molecule has 3 rings (SSSR count). The van der Waals surface area contributed by atoms with Crippen molar-refractivity contribution in [3.63, 3.8) is 0 Å². The Labute approximate surface area is 210 Å². The van der Waals surface area contributed by atoms with E-state index in [1.807, 2.05) is 31.7 Å². The standard InChI is InChI=1S/C24H33N3O6S2/c1-23(2,3)32-21(28)16-8-7-9-17(12-16)27-11-10-18(15-27)35(30,31)20-14-25-19(34-20)13-26-22(29)33-24(4,5)6/h7-9,12,14,18H,10-11,13,15H2,1-6H3,(H,26,29). The molecule has 1 aliphatic heterocycles. The zero-order valence-corrected chi connectivity index (χ0v) is 22.6. The maximum absolute atomic E-state index is 13.2. The predicted molar refractivity (Wildman–Crippen MR) is 135 cm³/mol. The van der Waals surface area contributed by atoms with Crippen molar-refractivity contribution in [3.8, 4) is 0 Å². The molecule has 2 heterocycles. The summed E-state index contributed by atoms with van der Waals surface area (Å²) in [7, 11) is -3.60. The van der Waals surface area contributed by atoms with Gasteiger partial charge in [-0.1, -0.05) is 6.07 Å². The number of sulfone groups is 1. The molecule has 2 aromatic rings. The highest BCUT2D eigenvalue weighted by molar-refractivity contribution is 7.94. The maximum atomic E-state index is 13.2. The molecule has 1 unspecified atom stereocenters. The van der Waals surface area contributed by atoms with E-state index in [0.717, 1.165) is 17.0 Å². The predicted octanol–water partition coefficient (Wildman–Crippen LogP) is 4.18. The van der Waals surface area contributed by atoms with E-state index in [4.69, 9.17) is 9.47 Å². The topological polar surface area (TPSA) is 115 Å². The van der Waals surface area contributed by atoms with Crippen LogP contribution in [0.2, 0.25) is 0 Å². The maximum Gasteiger partial charge on any atom is 0.408 e. The van der Waals surface area contributed by atoms with E-state index in [0.29, 0.717) is 30.1 Å². The lowest BCUT2D eigenvalue weighted by Crippen LogP contribution is -2.32. The number of carbonyl (C=O) groups excluding carboxylic acids is 2. The van der Waals surface area contributed by atoms with Crippen LogP contribution in [0.15, 0.2) is 34.7 Å². The number of nitrogens with zero attached hydrogens (tertiary/aromatic N) is 2. The summed E-state index contributed by atoms with van der Waals surface area (Å²) in [6, 6.07) is 7.04. The van der Waals surface area contributed by atoms with Crippen molar-refractivity contribution in [3.05, 3.63) is 41.0 Å². The van der Waals surface area contributed by atoms with Crippen molar-refractivity contribution < 1.29 is 27.5 Å². The van der Waals surface area contributed by atoms with Crippen LogP contribution >= 0.6 is 11.3 Å². The molecule has 35 heavy (non-hydrogen) atoms. The minimum Gasteiger partial charge on any atom is -0.456 e. The lowest BCUT2D eigenvalue weighted by Gasteiger charge is -2.21. The quantitative estimate of drug-likeness (QED) is 0.561. The first-order chi connectivity index (χ1) is 16.1. The van der Waals surface area contributed by atoms with Gasteiger partial charge >= 0.3 is 12.1 Å². The minimum atomic E-state index is -3.60. The highest BCUT2D eigenvalue weighted by atomic mass is 32.2. The summed E-state index contributed by atoms with van der Waals surface area (Å²) < 4.78 is 37.3. The summed E-state index contributed by atoms with van der Waals surface area (Å²) in [5, 5.41) is 2.48. The van der Waals surface area contributed by atoms with E-state index in [1.165, 1.54) is 6.20 Å². The molecule has 1 aromatic heterocycles. The molecule has 0 radical (unpaired) electrons. The van der Waals surface area contributed by atoms with Crippen LogP contribution in [-0.2, 0) is 25.9 Å². The van der Waals surface area contributed by atoms with Gasteiger partial charge in [-0.05, 0) is 66.2 Å². The zero-order valence-electron chi connectivity index (χ0n) is 21.0. The van der Waals surface area contributed by atoms with Gasteiger partial charge in [-0.15, -0.1) is 11.3 Å². The fraction of sp³-hybridized carbons (Fsp3) is 0.542. The molecule has 0 saturated carbocycles. The molecule has 9 nitrogen and oxygen atoms in total. The third-order valence-electron chi connectivity index (χ3n) is 5.03. The fourth-order valence-electron chi connectivity index (χ4n) is 3.52. The van der Waals surface area contributed by atoms with E-state index in [2.05, 4.69) is 10.3 Å². The summed E-state index contributed by atoms with van der Waals surface area (Å²) in [4.78, 5) is 30.4. The molecule has 1 N–H and O–H groups in total. The number of nitrogens with one attached hydrogen (secondary N) is 1. The molecule has 192 valence electrons. The number of benzene rings is 1. The molecule has 0 aliphatic carbocycles. The van der Waals surface area contributed by atoms with Crippen LogP contribution in [-0.4, -0.2) is 55.0 Å². The lowest BCUT2D eigenvalue weighted by atomic mass is 10.1. The molecule has 1 aromatic carbocycles. The Morgan fingerprint density at radius 1 is 1.14 bits per heavy atom. The van der Waals surface area contributed by atoms with Crippen LogP contribution in [0.25, 0.3) is 0 Å². The third kappa shape index (κ3) is 7.41. The number of carbonyl (C=O) groups is 2. The lowest BCUT2D eigenvalue weighted by molar-refractivity contribution is 0.00692. The number of anilines is 1. The molecule has 1 aliphatic rings. The van der Waals surface area contributed by atoms with Gasteiger partial charge < -0.3 is 19.7 Å². The first-order valence-corrected chi connectivity index (χ1v) is 13.7. The van der Waals surface area contributed by atoms with Gasteiger partial charge in [0.2, 0.25) is 0 Å². The molecular weight excluding hydrogens is 490 g/mol. The van der Waals surface area contributed by atoms with Gasteiger partial charge in [-0.2, -0.15) is 0 Å². The first-order valence-electron chi connectivity index (χ1n) is 11.4. The highest BCUT2D eigenvalue weighted by Crippen LogP contribution is 2.31. The second-order valence-corrected chi connectivity index (χ2v) is 14.0. The Bertz CT molecular complexity index is 1180. The largest absolute Gasteiger partial charge is 0.456 e. The fourth-order valence-corrected chi connectivity index (χ4v) is 6.58. The van der Waals surface area contributed by atoms with Crippen molar-refractivity contribution in [2.24, 2.45) is 0 Å². The monoisotopic (exact) mass is 523 g/mol. The highest BCUT2D eigenvalue weighted by Gasteiger charge is 2.36. The summed E-state index contributed by atoms with van der Waals surface area (Å²) in [6.07, 6.45) is 1.22. The molecular formula is C24H33N3O6S2. The molecule has 0 spiro atoms. The number of rotatable bonds is 6. The molecule has 1 fully saturated rings. The Kier molecular flexibility index (Phi) is 7.80. The van der Waals surface area contributed by atoms with Crippen LogP contribution < -0.4 is 10.2 Å². The Morgan fingerprint density at radius 3 is 2.49 bits per heavy atom. The van der Waals surface area contributed by atoms with Gasteiger partial charge in [-0.3, -0.25) is 0 Å². The average Bonchev–Trinajstić information content (AvgIpc) is 3.40. The Morgan fingerprint density at radius 2 is 1.83 bits per heavy atom. The number of thiazole rings is 1. The van der Waals surface area contributed by atoms with Crippen LogP contribution in [0.1, 0.15) is 63.3 Å². The molecule has 11 heteroatoms. The van der Waals surface area contributed by atoms with Crippen LogP contribution in [0, 0.1) is 0 Å². The van der Waals surface area contributed by atoms with E-state index < -0.39 is 38.4 Å². The third-order valence-corrected chi connectivity index (χ3v) is 8.69. The summed E-state index contributed by atoms with van der Waals surface area (Å²) in [5.74, 6) is -0.417. The number of hydrogen-bond acceptors (Lipinski definition) is 9. The van der Waals surface area contributed by atoms with Gasteiger partial charge in [0.1, 0.15) is 20.4 Å². The molecule has 1 saturated heterocycles. The Balaban J connectivity index is 1.64. The van der Waals surface area contributed by atoms with Gasteiger partial charge in [0.25, 0.3) is 0 Å². The van der Waals surface area contributed by atoms with Gasteiger partial charge in [0.05, 0.1) is 23.6 Å². The van der Waals surface area contributed by atoms with Gasteiger partial charge in [0, 0.05) is 18.8 Å². The minimum absolute atomic E-state index is 0.0867. The smallest absolute Gasteiger partial charge is 0.408 e. The normalized spacial score (nSPS) is 16.7. The number of hydrogen-bond donors (Lipinski definition) is 1. The van der Waals surface area contributed by atoms with Crippen LogP contribution in [0.4, 0.5) is 10.5 Å². The average molecular weight is 524 g/mol. The zero-order chi connectivity index (χ0) is 26.0. The van der Waals surface area contributed by atoms with E-state index >= 15 is 0 Å². The summed E-state index contributed by atoms with van der Waals surface area (Å²) >= 11 is 1.05. The summed E-state index contributed by atoms with van der Waals surface area (Å²) in [6.45, 7) is 11.7. The van der Waals surface area contributed by atoms with E-state index in [-0.39, 0.29) is 10.8 Å². The second-order valence-electron chi connectivity index (χ2n) is 10.4. The molecule has 0 bridgehead atoms. The summed E-state index contributed by atoms with van der Waals surface area (Å²) in [5.41, 5.74) is -0.0241. The number of alkyl carbamates (subject to hydrolysis) is 1. The Hall–Kier alpha value is -2.66. The SMILES string of the molecule is CC(C)(C)OC(=O)NCc1ncc(S(=O)(=O)C2CCN(c3cccc(C(=O)OC(C)(C)C)c3)C2)s1. The van der Waals surface area contributed by atoms with Crippen molar-refractivity contribution in [2.75, 3.05) is 18.0 Å². The van der Waals surface area contributed by atoms with Crippen molar-refractivity contribution in [1.29, 1.82) is 0 Å². The number of amides is 1. The van der Waals surface area contributed by atoms with E-state index in [9.17, 15) is 18.0 Å². The molecule has 1 amide bonds. The van der Waals surface area contributed by atoms with E-state index in [1.54, 1.807) is 39.0 Å². The number of ether oxygens (including phenoxy) is 2. The van der Waals surface area contributed by atoms with Crippen molar-refractivity contribution in [1.82, 2.24) is 10.3 Å². The number of aromatic nitrogens is 1. The molecule has 1 atom stereocenters. The van der Waals surface area contributed by atoms with Crippen molar-refractivity contribution in [2.45, 2.75) is 75.2 Å². The number of esters is 1. The van der Waals surface area contributed by atoms with Gasteiger partial charge in [0.15, 0.2) is 9.84 Å². The van der Waals surface area contributed by atoms with Crippen LogP contribution in [0.3, 0.4) is 0 Å². The van der Waals surface area contributed by atoms with Gasteiger partial charge in [-0.25, -0.2) is 23.0 Å². The van der Waals surface area contributed by atoms with Crippen LogP contribution in [0.5, 0.6) is 0 Å². The van der Waals surface area contributed by atoms with Crippen molar-refractivity contribution >= 4 is 38.9 Å². The first kappa shape index (κ1) is 26.9. The second kappa shape index (κ2) is 10.1.